The van der Waals surface area contributed by atoms with Gasteiger partial charge in [-0.1, -0.05) is 6.07 Å². The average molecular weight is 363 g/mol. The van der Waals surface area contributed by atoms with Crippen molar-refractivity contribution in [2.24, 2.45) is 0 Å². The molecule has 0 radical (unpaired) electrons. The molecule has 2 aromatic carbocycles. The van der Waals surface area contributed by atoms with Crippen molar-refractivity contribution in [2.75, 3.05) is 32.8 Å². The molecule has 0 saturated heterocycles. The van der Waals surface area contributed by atoms with E-state index in [1.807, 2.05) is 0 Å². The van der Waals surface area contributed by atoms with E-state index in [0.717, 1.165) is 6.07 Å². The first-order chi connectivity index (χ1) is 12.5. The third kappa shape index (κ3) is 5.97. The number of hydrogen-bond acceptors (Lipinski definition) is 6. The third-order valence-corrected chi connectivity index (χ3v) is 3.15. The summed E-state index contributed by atoms with van der Waals surface area (Å²) in [7, 11) is 2.97. The minimum absolute atomic E-state index is 0.190. The maximum Gasteiger partial charge on any atom is 0.344 e. The highest BCUT2D eigenvalue weighted by Crippen LogP contribution is 2.25. The van der Waals surface area contributed by atoms with Crippen LogP contribution in [0.5, 0.6) is 17.2 Å². The van der Waals surface area contributed by atoms with Crippen LogP contribution < -0.4 is 19.5 Å². The molecule has 8 heteroatoms. The van der Waals surface area contributed by atoms with E-state index in [2.05, 4.69) is 5.32 Å². The molecule has 138 valence electrons. The van der Waals surface area contributed by atoms with Crippen molar-refractivity contribution >= 4 is 17.6 Å². The zero-order valence-corrected chi connectivity index (χ0v) is 14.3. The number of nitrogens with one attached hydrogen (secondary N) is 1. The fraction of sp³-hybridized carbons (Fsp3) is 0.222. The van der Waals surface area contributed by atoms with Crippen molar-refractivity contribution in [1.29, 1.82) is 0 Å². The lowest BCUT2D eigenvalue weighted by Gasteiger charge is -2.10. The van der Waals surface area contributed by atoms with Gasteiger partial charge in [-0.05, 0) is 12.1 Å². The third-order valence-electron chi connectivity index (χ3n) is 3.15. The molecule has 2 aromatic rings. The van der Waals surface area contributed by atoms with Gasteiger partial charge in [-0.2, -0.15) is 0 Å². The van der Waals surface area contributed by atoms with Gasteiger partial charge < -0.3 is 24.3 Å². The van der Waals surface area contributed by atoms with Crippen LogP contribution in [0.25, 0.3) is 0 Å². The Morgan fingerprint density at radius 3 is 2.27 bits per heavy atom. The number of carbonyl (C=O) groups is 2. The average Bonchev–Trinajstić information content (AvgIpc) is 2.64. The van der Waals surface area contributed by atoms with Crippen LogP contribution in [0.2, 0.25) is 0 Å². The molecule has 0 aromatic heterocycles. The van der Waals surface area contributed by atoms with Gasteiger partial charge in [0.25, 0.3) is 5.91 Å². The number of benzene rings is 2. The molecule has 26 heavy (non-hydrogen) atoms. The van der Waals surface area contributed by atoms with E-state index in [1.165, 1.54) is 32.4 Å². The van der Waals surface area contributed by atoms with Gasteiger partial charge in [-0.25, -0.2) is 9.18 Å². The summed E-state index contributed by atoms with van der Waals surface area (Å²) >= 11 is 0. The number of amides is 1. The maximum atomic E-state index is 13.0. The van der Waals surface area contributed by atoms with Crippen LogP contribution in [0, 0.1) is 5.82 Å². The highest BCUT2D eigenvalue weighted by atomic mass is 19.1. The van der Waals surface area contributed by atoms with Crippen molar-refractivity contribution in [1.82, 2.24) is 0 Å². The van der Waals surface area contributed by atoms with Gasteiger partial charge in [-0.15, -0.1) is 0 Å². The second kappa shape index (κ2) is 9.26. The molecule has 0 unspecified atom stereocenters. The summed E-state index contributed by atoms with van der Waals surface area (Å²) in [4.78, 5) is 23.5. The minimum Gasteiger partial charge on any atom is -0.497 e. The van der Waals surface area contributed by atoms with Gasteiger partial charge in [0.2, 0.25) is 0 Å². The molecule has 7 nitrogen and oxygen atoms in total. The first-order valence-electron chi connectivity index (χ1n) is 7.57. The van der Waals surface area contributed by atoms with Crippen molar-refractivity contribution in [3.63, 3.8) is 0 Å². The van der Waals surface area contributed by atoms with E-state index >= 15 is 0 Å². The van der Waals surface area contributed by atoms with Crippen LogP contribution in [-0.4, -0.2) is 39.3 Å². The van der Waals surface area contributed by atoms with Crippen molar-refractivity contribution in [3.8, 4) is 17.2 Å². The SMILES string of the molecule is COc1cc(NC(=O)COC(=O)COc2cccc(F)c2)cc(OC)c1. The van der Waals surface area contributed by atoms with E-state index < -0.39 is 30.9 Å². The van der Waals surface area contributed by atoms with Crippen molar-refractivity contribution < 1.29 is 32.9 Å². The van der Waals surface area contributed by atoms with Gasteiger partial charge in [0.15, 0.2) is 13.2 Å². The Morgan fingerprint density at radius 1 is 0.962 bits per heavy atom. The molecule has 0 saturated carbocycles. The Labute approximate surface area is 149 Å². The second-order valence-electron chi connectivity index (χ2n) is 5.06. The first kappa shape index (κ1) is 19.0. The van der Waals surface area contributed by atoms with Gasteiger partial charge in [0.05, 0.1) is 14.2 Å². The van der Waals surface area contributed by atoms with E-state index in [-0.39, 0.29) is 5.75 Å². The summed E-state index contributed by atoms with van der Waals surface area (Å²) in [6, 6.07) is 10.2. The van der Waals surface area contributed by atoms with Gasteiger partial charge in [0.1, 0.15) is 23.1 Å². The monoisotopic (exact) mass is 363 g/mol. The number of hydrogen-bond donors (Lipinski definition) is 1. The Morgan fingerprint density at radius 2 is 1.65 bits per heavy atom. The summed E-state index contributed by atoms with van der Waals surface area (Å²) in [6.07, 6.45) is 0. The normalized spacial score (nSPS) is 9.96. The summed E-state index contributed by atoms with van der Waals surface area (Å²) in [5.74, 6) is -0.592. The maximum absolute atomic E-state index is 13.0. The lowest BCUT2D eigenvalue weighted by molar-refractivity contribution is -0.149. The van der Waals surface area contributed by atoms with Crippen LogP contribution in [0.15, 0.2) is 42.5 Å². The molecule has 0 aliphatic rings. The van der Waals surface area contributed by atoms with Crippen molar-refractivity contribution in [3.05, 3.63) is 48.3 Å². The molecule has 0 fully saturated rings. The summed E-state index contributed by atoms with van der Waals surface area (Å²) in [5.41, 5.74) is 0.429. The van der Waals surface area contributed by atoms with Gasteiger partial charge >= 0.3 is 5.97 Å². The molecule has 1 amide bonds. The molecule has 0 spiro atoms. The highest BCUT2D eigenvalue weighted by Gasteiger charge is 2.10. The fourth-order valence-corrected chi connectivity index (χ4v) is 1.96. The molecule has 0 heterocycles. The Balaban J connectivity index is 1.80. The number of methoxy groups -OCH3 is 2. The van der Waals surface area contributed by atoms with Crippen LogP contribution in [0.3, 0.4) is 0 Å². The number of ether oxygens (including phenoxy) is 4. The number of anilines is 1. The lowest BCUT2D eigenvalue weighted by atomic mass is 10.2. The Bertz CT molecular complexity index is 758. The molecule has 2 rings (SSSR count). The van der Waals surface area contributed by atoms with Gasteiger partial charge in [-0.3, -0.25) is 4.79 Å². The Hall–Kier alpha value is -3.29. The number of halogens is 1. The molecule has 1 N–H and O–H groups in total. The zero-order valence-electron chi connectivity index (χ0n) is 14.3. The predicted molar refractivity (Wildman–Crippen MR) is 91.0 cm³/mol. The van der Waals surface area contributed by atoms with Crippen molar-refractivity contribution in [2.45, 2.75) is 0 Å². The van der Waals surface area contributed by atoms with E-state index in [9.17, 15) is 14.0 Å². The second-order valence-corrected chi connectivity index (χ2v) is 5.06. The van der Waals surface area contributed by atoms with E-state index in [1.54, 1.807) is 18.2 Å². The molecule has 0 bridgehead atoms. The van der Waals surface area contributed by atoms with E-state index in [0.29, 0.717) is 17.2 Å². The Kier molecular flexibility index (Phi) is 6.78. The zero-order chi connectivity index (χ0) is 18.9. The molecule has 0 aliphatic carbocycles. The molecular weight excluding hydrogens is 345 g/mol. The number of carbonyl (C=O) groups excluding carboxylic acids is 2. The van der Waals surface area contributed by atoms with Gasteiger partial charge in [0, 0.05) is 30.0 Å². The summed E-state index contributed by atoms with van der Waals surface area (Å²) in [6.45, 7) is -0.936. The first-order valence-corrected chi connectivity index (χ1v) is 7.57. The van der Waals surface area contributed by atoms with Crippen LogP contribution >= 0.6 is 0 Å². The summed E-state index contributed by atoms with van der Waals surface area (Å²) in [5, 5.41) is 2.56. The van der Waals surface area contributed by atoms with E-state index in [4.69, 9.17) is 18.9 Å². The smallest absolute Gasteiger partial charge is 0.344 e. The summed E-state index contributed by atoms with van der Waals surface area (Å²) < 4.78 is 33.1. The predicted octanol–water partition coefficient (Wildman–Crippen LogP) is 2.40. The minimum atomic E-state index is -0.757. The topological polar surface area (TPSA) is 83.1 Å². The quantitative estimate of drug-likeness (QED) is 0.725. The lowest BCUT2D eigenvalue weighted by Crippen LogP contribution is -2.23. The molecular formula is C18H18FNO6. The van der Waals surface area contributed by atoms with Crippen LogP contribution in [-0.2, 0) is 14.3 Å². The molecule has 0 atom stereocenters. The fourth-order valence-electron chi connectivity index (χ4n) is 1.96. The standard InChI is InChI=1S/C18H18FNO6/c1-23-15-7-13(8-16(9-15)24-2)20-17(21)10-26-18(22)11-25-14-5-3-4-12(19)6-14/h3-9H,10-11H2,1-2H3,(H,20,21). The van der Waals surface area contributed by atoms with Crippen LogP contribution in [0.4, 0.5) is 10.1 Å². The highest BCUT2D eigenvalue weighted by molar-refractivity contribution is 5.93. The largest absolute Gasteiger partial charge is 0.497 e. The number of esters is 1. The molecule has 0 aliphatic heterocycles. The number of rotatable bonds is 8. The van der Waals surface area contributed by atoms with Crippen LogP contribution in [0.1, 0.15) is 0 Å².